The summed E-state index contributed by atoms with van der Waals surface area (Å²) in [6.07, 6.45) is 3.46. The van der Waals surface area contributed by atoms with E-state index >= 15 is 0 Å². The highest BCUT2D eigenvalue weighted by Gasteiger charge is 2.23. The molecule has 0 aliphatic carbocycles. The molecule has 3 N–H and O–H groups in total. The summed E-state index contributed by atoms with van der Waals surface area (Å²) in [5, 5.41) is 7.22. The normalized spacial score (nSPS) is 13.3. The Morgan fingerprint density at radius 3 is 2.68 bits per heavy atom. The molecule has 1 unspecified atom stereocenters. The molecule has 0 spiro atoms. The third-order valence-electron chi connectivity index (χ3n) is 2.96. The van der Waals surface area contributed by atoms with E-state index in [0.29, 0.717) is 13.1 Å². The standard InChI is InChI=1S/C14H26N4O/c1-14(2,3)9-11(10-15)13(19)16-7-5-12-6-8-18(4)17-12/h6,8,11H,5,7,9-10,15H2,1-4H3,(H,16,19). The van der Waals surface area contributed by atoms with E-state index < -0.39 is 0 Å². The maximum Gasteiger partial charge on any atom is 0.224 e. The third kappa shape index (κ3) is 5.87. The van der Waals surface area contributed by atoms with E-state index in [9.17, 15) is 4.79 Å². The van der Waals surface area contributed by atoms with E-state index in [2.05, 4.69) is 31.2 Å². The number of rotatable bonds is 6. The third-order valence-corrected chi connectivity index (χ3v) is 2.96. The molecule has 0 aliphatic heterocycles. The second-order valence-corrected chi connectivity index (χ2v) is 6.22. The van der Waals surface area contributed by atoms with Gasteiger partial charge in [-0.1, -0.05) is 20.8 Å². The lowest BCUT2D eigenvalue weighted by atomic mass is 9.84. The number of nitrogens with two attached hydrogens (primary N) is 1. The van der Waals surface area contributed by atoms with E-state index in [4.69, 9.17) is 5.73 Å². The molecule has 1 rings (SSSR count). The molecule has 0 saturated carbocycles. The minimum Gasteiger partial charge on any atom is -0.355 e. The van der Waals surface area contributed by atoms with E-state index in [1.165, 1.54) is 0 Å². The van der Waals surface area contributed by atoms with Crippen LogP contribution >= 0.6 is 0 Å². The Morgan fingerprint density at radius 1 is 1.53 bits per heavy atom. The van der Waals surface area contributed by atoms with Crippen LogP contribution in [0.2, 0.25) is 0 Å². The van der Waals surface area contributed by atoms with Crippen molar-refractivity contribution in [1.82, 2.24) is 15.1 Å². The Kier molecular flexibility index (Phi) is 5.54. The van der Waals surface area contributed by atoms with Gasteiger partial charge in [-0.05, 0) is 17.9 Å². The second kappa shape index (κ2) is 6.70. The van der Waals surface area contributed by atoms with Crippen LogP contribution < -0.4 is 11.1 Å². The molecule has 19 heavy (non-hydrogen) atoms. The van der Waals surface area contributed by atoms with Crippen molar-refractivity contribution in [3.8, 4) is 0 Å². The summed E-state index contributed by atoms with van der Waals surface area (Å²) in [6.45, 7) is 7.37. The summed E-state index contributed by atoms with van der Waals surface area (Å²) in [7, 11) is 1.88. The zero-order valence-corrected chi connectivity index (χ0v) is 12.4. The largest absolute Gasteiger partial charge is 0.355 e. The Hall–Kier alpha value is -1.36. The smallest absolute Gasteiger partial charge is 0.224 e. The molecule has 0 aromatic carbocycles. The van der Waals surface area contributed by atoms with Crippen LogP contribution in [0.4, 0.5) is 0 Å². The minimum absolute atomic E-state index is 0.0494. The minimum atomic E-state index is -0.108. The van der Waals surface area contributed by atoms with Gasteiger partial charge in [-0.3, -0.25) is 9.48 Å². The number of carbonyl (C=O) groups is 1. The molecule has 5 nitrogen and oxygen atoms in total. The highest BCUT2D eigenvalue weighted by molar-refractivity contribution is 5.78. The van der Waals surface area contributed by atoms with E-state index in [1.54, 1.807) is 4.68 Å². The fraction of sp³-hybridized carbons (Fsp3) is 0.714. The van der Waals surface area contributed by atoms with Crippen molar-refractivity contribution in [2.75, 3.05) is 13.1 Å². The van der Waals surface area contributed by atoms with Gasteiger partial charge in [0.25, 0.3) is 0 Å². The van der Waals surface area contributed by atoms with Crippen LogP contribution in [0, 0.1) is 11.3 Å². The number of amides is 1. The van der Waals surface area contributed by atoms with Crippen LogP contribution in [0.1, 0.15) is 32.9 Å². The first-order valence-electron chi connectivity index (χ1n) is 6.78. The van der Waals surface area contributed by atoms with E-state index in [1.807, 2.05) is 19.3 Å². The van der Waals surface area contributed by atoms with Gasteiger partial charge in [-0.25, -0.2) is 0 Å². The van der Waals surface area contributed by atoms with Crippen LogP contribution in [0.25, 0.3) is 0 Å². The Balaban J connectivity index is 2.36. The van der Waals surface area contributed by atoms with Crippen molar-refractivity contribution in [2.45, 2.75) is 33.6 Å². The van der Waals surface area contributed by atoms with Crippen molar-refractivity contribution >= 4 is 5.91 Å². The topological polar surface area (TPSA) is 72.9 Å². The summed E-state index contributed by atoms with van der Waals surface area (Å²) >= 11 is 0. The molecule has 108 valence electrons. The van der Waals surface area contributed by atoms with Crippen molar-refractivity contribution < 1.29 is 4.79 Å². The molecule has 0 fully saturated rings. The number of nitrogens with one attached hydrogen (secondary N) is 1. The maximum atomic E-state index is 12.0. The first-order valence-corrected chi connectivity index (χ1v) is 6.78. The van der Waals surface area contributed by atoms with Crippen LogP contribution in [-0.4, -0.2) is 28.8 Å². The molecule has 1 aromatic heterocycles. The first kappa shape index (κ1) is 15.7. The van der Waals surface area contributed by atoms with Gasteiger partial charge in [0.15, 0.2) is 0 Å². The Labute approximate surface area is 115 Å². The lowest BCUT2D eigenvalue weighted by Gasteiger charge is -2.24. The van der Waals surface area contributed by atoms with Gasteiger partial charge >= 0.3 is 0 Å². The van der Waals surface area contributed by atoms with E-state index in [0.717, 1.165) is 18.5 Å². The summed E-state index contributed by atoms with van der Waals surface area (Å²) < 4.78 is 1.76. The molecule has 5 heteroatoms. The molecule has 0 aliphatic rings. The molecule has 0 radical (unpaired) electrons. The van der Waals surface area contributed by atoms with Gasteiger partial charge in [-0.15, -0.1) is 0 Å². The van der Waals surface area contributed by atoms with Gasteiger partial charge in [0.05, 0.1) is 11.6 Å². The van der Waals surface area contributed by atoms with Crippen molar-refractivity contribution in [3.63, 3.8) is 0 Å². The Morgan fingerprint density at radius 2 is 2.21 bits per heavy atom. The highest BCUT2D eigenvalue weighted by atomic mass is 16.1. The van der Waals surface area contributed by atoms with Gasteiger partial charge in [0.1, 0.15) is 0 Å². The second-order valence-electron chi connectivity index (χ2n) is 6.22. The van der Waals surface area contributed by atoms with Crippen LogP contribution in [0.15, 0.2) is 12.3 Å². The summed E-state index contributed by atoms with van der Waals surface area (Å²) in [6, 6.07) is 1.96. The number of nitrogens with zero attached hydrogens (tertiary/aromatic N) is 2. The number of aromatic nitrogens is 2. The zero-order chi connectivity index (χ0) is 14.5. The summed E-state index contributed by atoms with van der Waals surface area (Å²) in [4.78, 5) is 12.0. The lowest BCUT2D eigenvalue weighted by molar-refractivity contribution is -0.125. The summed E-state index contributed by atoms with van der Waals surface area (Å²) in [5.41, 5.74) is 6.79. The fourth-order valence-corrected chi connectivity index (χ4v) is 2.08. The van der Waals surface area contributed by atoms with Crippen molar-refractivity contribution in [1.29, 1.82) is 0 Å². The van der Waals surface area contributed by atoms with Crippen LogP contribution in [0.3, 0.4) is 0 Å². The van der Waals surface area contributed by atoms with Gasteiger partial charge in [0.2, 0.25) is 5.91 Å². The number of hydrogen-bond acceptors (Lipinski definition) is 3. The van der Waals surface area contributed by atoms with Crippen LogP contribution in [-0.2, 0) is 18.3 Å². The zero-order valence-electron chi connectivity index (χ0n) is 12.4. The average molecular weight is 266 g/mol. The fourth-order valence-electron chi connectivity index (χ4n) is 2.08. The Bertz CT molecular complexity index is 406. The molecule has 1 amide bonds. The molecule has 0 bridgehead atoms. The molecule has 1 aromatic rings. The van der Waals surface area contributed by atoms with E-state index in [-0.39, 0.29) is 17.2 Å². The van der Waals surface area contributed by atoms with Gasteiger partial charge in [-0.2, -0.15) is 5.10 Å². The number of carbonyl (C=O) groups excluding carboxylic acids is 1. The van der Waals surface area contributed by atoms with Crippen LogP contribution in [0.5, 0.6) is 0 Å². The molecule has 0 saturated heterocycles. The maximum absolute atomic E-state index is 12.0. The van der Waals surface area contributed by atoms with Gasteiger partial charge in [0, 0.05) is 32.8 Å². The number of hydrogen-bond donors (Lipinski definition) is 2. The van der Waals surface area contributed by atoms with Crippen molar-refractivity contribution in [3.05, 3.63) is 18.0 Å². The SMILES string of the molecule is Cn1ccc(CCNC(=O)C(CN)CC(C)(C)C)n1. The lowest BCUT2D eigenvalue weighted by Crippen LogP contribution is -2.38. The molecular weight excluding hydrogens is 240 g/mol. The first-order chi connectivity index (χ1) is 8.81. The molecule has 1 atom stereocenters. The highest BCUT2D eigenvalue weighted by Crippen LogP contribution is 2.23. The predicted octanol–water partition coefficient (Wildman–Crippen LogP) is 1.09. The summed E-state index contributed by atoms with van der Waals surface area (Å²) in [5.74, 6) is -0.0583. The number of aryl methyl sites for hydroxylation is 1. The van der Waals surface area contributed by atoms with Gasteiger partial charge < -0.3 is 11.1 Å². The average Bonchev–Trinajstić information content (AvgIpc) is 2.70. The molecular formula is C14H26N4O. The quantitative estimate of drug-likeness (QED) is 0.809. The monoisotopic (exact) mass is 266 g/mol. The predicted molar refractivity (Wildman–Crippen MR) is 76.5 cm³/mol. The molecule has 1 heterocycles. The van der Waals surface area contributed by atoms with Crippen molar-refractivity contribution in [2.24, 2.45) is 24.1 Å².